The molecule has 0 heterocycles. The standard InChI is InChI=1S/C27H39NO2/c1-4-6-12-18-24(17-7-5-2)19-13-10-8-9-11-16-22-28(3)27(30)26-21-15-14-20-25(26)23-29/h6-7,12,14-15,17-18,20-21,23H,4-5,8-11,13,16,19,22H2,1-3H3/b12-6+,17-7+,24-18+. The van der Waals surface area contributed by atoms with Gasteiger partial charge in [0.05, 0.1) is 5.56 Å². The maximum atomic E-state index is 12.5. The van der Waals surface area contributed by atoms with Gasteiger partial charge in [0.1, 0.15) is 0 Å². The van der Waals surface area contributed by atoms with Crippen LogP contribution < -0.4 is 0 Å². The van der Waals surface area contributed by atoms with Crippen LogP contribution in [0.25, 0.3) is 0 Å². The number of allylic oxidation sites excluding steroid dienone is 6. The fourth-order valence-corrected chi connectivity index (χ4v) is 3.31. The maximum Gasteiger partial charge on any atom is 0.254 e. The molecule has 0 aliphatic rings. The van der Waals surface area contributed by atoms with Gasteiger partial charge in [-0.15, -0.1) is 0 Å². The molecule has 3 nitrogen and oxygen atoms in total. The van der Waals surface area contributed by atoms with Crippen LogP contribution in [0.1, 0.15) is 92.4 Å². The molecule has 0 unspecified atom stereocenters. The van der Waals surface area contributed by atoms with Crippen molar-refractivity contribution in [2.75, 3.05) is 13.6 Å². The number of carbonyl (C=O) groups excluding carboxylic acids is 2. The topological polar surface area (TPSA) is 37.4 Å². The van der Waals surface area contributed by atoms with Crippen LogP contribution in [0.2, 0.25) is 0 Å². The maximum absolute atomic E-state index is 12.5. The van der Waals surface area contributed by atoms with Gasteiger partial charge in [0.25, 0.3) is 5.91 Å². The summed E-state index contributed by atoms with van der Waals surface area (Å²) in [6.45, 7) is 5.05. The van der Waals surface area contributed by atoms with Gasteiger partial charge in [-0.2, -0.15) is 0 Å². The molecule has 0 saturated heterocycles. The first-order chi connectivity index (χ1) is 14.6. The predicted molar refractivity (Wildman–Crippen MR) is 128 cm³/mol. The Morgan fingerprint density at radius 1 is 0.933 bits per heavy atom. The molecular formula is C27H39NO2. The van der Waals surface area contributed by atoms with E-state index in [1.54, 1.807) is 29.2 Å². The number of rotatable bonds is 15. The molecule has 3 heteroatoms. The third-order valence-corrected chi connectivity index (χ3v) is 5.12. The van der Waals surface area contributed by atoms with Crippen LogP contribution in [0, 0.1) is 0 Å². The Labute approximate surface area is 183 Å². The highest BCUT2D eigenvalue weighted by molar-refractivity contribution is 6.01. The van der Waals surface area contributed by atoms with E-state index in [0.717, 1.165) is 44.9 Å². The van der Waals surface area contributed by atoms with Crippen LogP contribution in [0.15, 0.2) is 60.2 Å². The largest absolute Gasteiger partial charge is 0.342 e. The first-order valence-corrected chi connectivity index (χ1v) is 11.5. The van der Waals surface area contributed by atoms with Gasteiger partial charge < -0.3 is 4.90 Å². The molecule has 1 rings (SSSR count). The fraction of sp³-hybridized carbons (Fsp3) is 0.481. The van der Waals surface area contributed by atoms with Crippen molar-refractivity contribution in [1.29, 1.82) is 0 Å². The molecule has 0 spiro atoms. The van der Waals surface area contributed by atoms with Gasteiger partial charge in [-0.25, -0.2) is 0 Å². The molecule has 164 valence electrons. The minimum atomic E-state index is -0.0747. The number of carbonyl (C=O) groups is 2. The molecule has 0 radical (unpaired) electrons. The Kier molecular flexibility index (Phi) is 14.0. The fourth-order valence-electron chi connectivity index (χ4n) is 3.31. The SMILES string of the molecule is CC/C=C/C=C(\C=C\CC)CCCCCCCCN(C)C(=O)c1ccccc1C=O. The van der Waals surface area contributed by atoms with Crippen molar-refractivity contribution in [3.63, 3.8) is 0 Å². The predicted octanol–water partition coefficient (Wildman–Crippen LogP) is 7.16. The highest BCUT2D eigenvalue weighted by atomic mass is 16.2. The third-order valence-electron chi connectivity index (χ3n) is 5.12. The Bertz CT molecular complexity index is 715. The van der Waals surface area contributed by atoms with Gasteiger partial charge in [-0.05, 0) is 43.7 Å². The minimum Gasteiger partial charge on any atom is -0.342 e. The number of benzene rings is 1. The van der Waals surface area contributed by atoms with Crippen LogP contribution in [0.3, 0.4) is 0 Å². The Balaban J connectivity index is 2.23. The molecule has 0 atom stereocenters. The van der Waals surface area contributed by atoms with E-state index in [2.05, 4.69) is 44.2 Å². The van der Waals surface area contributed by atoms with Crippen molar-refractivity contribution in [2.24, 2.45) is 0 Å². The molecule has 0 aliphatic heterocycles. The second-order valence-electron chi connectivity index (χ2n) is 7.69. The number of aldehydes is 1. The summed E-state index contributed by atoms with van der Waals surface area (Å²) < 4.78 is 0. The van der Waals surface area contributed by atoms with Gasteiger partial charge in [0.2, 0.25) is 0 Å². The second kappa shape index (κ2) is 16.4. The smallest absolute Gasteiger partial charge is 0.254 e. The first-order valence-electron chi connectivity index (χ1n) is 11.5. The van der Waals surface area contributed by atoms with Crippen LogP contribution in [-0.4, -0.2) is 30.7 Å². The van der Waals surface area contributed by atoms with Crippen molar-refractivity contribution in [3.05, 3.63) is 71.3 Å². The van der Waals surface area contributed by atoms with E-state index < -0.39 is 0 Å². The van der Waals surface area contributed by atoms with E-state index in [9.17, 15) is 9.59 Å². The highest BCUT2D eigenvalue weighted by Gasteiger charge is 2.14. The van der Waals surface area contributed by atoms with Gasteiger partial charge in [-0.1, -0.05) is 88.1 Å². The zero-order chi connectivity index (χ0) is 22.0. The Hall–Kier alpha value is -2.42. The molecule has 0 aliphatic carbocycles. The molecule has 0 N–H and O–H groups in total. The number of amides is 1. The summed E-state index contributed by atoms with van der Waals surface area (Å²) in [5.74, 6) is -0.0747. The lowest BCUT2D eigenvalue weighted by Gasteiger charge is -2.18. The molecule has 30 heavy (non-hydrogen) atoms. The van der Waals surface area contributed by atoms with Crippen LogP contribution in [-0.2, 0) is 0 Å². The molecule has 1 aromatic rings. The highest BCUT2D eigenvalue weighted by Crippen LogP contribution is 2.14. The average molecular weight is 410 g/mol. The summed E-state index contributed by atoms with van der Waals surface area (Å²) in [6.07, 6.45) is 22.2. The van der Waals surface area contributed by atoms with Crippen molar-refractivity contribution in [1.82, 2.24) is 4.90 Å². The number of unbranched alkanes of at least 4 members (excludes halogenated alkanes) is 5. The van der Waals surface area contributed by atoms with Crippen LogP contribution in [0.4, 0.5) is 0 Å². The van der Waals surface area contributed by atoms with Gasteiger partial charge in [0, 0.05) is 19.2 Å². The molecule has 1 amide bonds. The monoisotopic (exact) mass is 409 g/mol. The summed E-state index contributed by atoms with van der Waals surface area (Å²) >= 11 is 0. The lowest BCUT2D eigenvalue weighted by Crippen LogP contribution is -2.28. The first kappa shape index (κ1) is 25.6. The third kappa shape index (κ3) is 10.4. The van der Waals surface area contributed by atoms with E-state index in [0.29, 0.717) is 11.1 Å². The lowest BCUT2D eigenvalue weighted by molar-refractivity contribution is 0.0789. The second-order valence-corrected chi connectivity index (χ2v) is 7.69. The molecule has 0 bridgehead atoms. The minimum absolute atomic E-state index is 0.0747. The summed E-state index contributed by atoms with van der Waals surface area (Å²) in [5, 5.41) is 0. The van der Waals surface area contributed by atoms with Crippen molar-refractivity contribution >= 4 is 12.2 Å². The molecule has 0 fully saturated rings. The van der Waals surface area contributed by atoms with Crippen molar-refractivity contribution < 1.29 is 9.59 Å². The Morgan fingerprint density at radius 2 is 1.60 bits per heavy atom. The van der Waals surface area contributed by atoms with E-state index in [-0.39, 0.29) is 5.91 Å². The van der Waals surface area contributed by atoms with Gasteiger partial charge in [-0.3, -0.25) is 9.59 Å². The van der Waals surface area contributed by atoms with Crippen LogP contribution in [0.5, 0.6) is 0 Å². The van der Waals surface area contributed by atoms with E-state index in [1.807, 2.05) is 7.05 Å². The molecular weight excluding hydrogens is 370 g/mol. The van der Waals surface area contributed by atoms with E-state index in [4.69, 9.17) is 0 Å². The van der Waals surface area contributed by atoms with Gasteiger partial charge in [0.15, 0.2) is 6.29 Å². The summed E-state index contributed by atoms with van der Waals surface area (Å²) in [5.41, 5.74) is 2.36. The quantitative estimate of drug-likeness (QED) is 0.175. The molecule has 0 saturated carbocycles. The van der Waals surface area contributed by atoms with Crippen LogP contribution >= 0.6 is 0 Å². The number of nitrogens with zero attached hydrogens (tertiary/aromatic N) is 1. The summed E-state index contributed by atoms with van der Waals surface area (Å²) in [6, 6.07) is 6.99. The van der Waals surface area contributed by atoms with Gasteiger partial charge >= 0.3 is 0 Å². The van der Waals surface area contributed by atoms with Crippen molar-refractivity contribution in [2.45, 2.75) is 71.6 Å². The average Bonchev–Trinajstić information content (AvgIpc) is 2.77. The Morgan fingerprint density at radius 3 is 2.30 bits per heavy atom. The number of hydrogen-bond acceptors (Lipinski definition) is 2. The zero-order valence-corrected chi connectivity index (χ0v) is 19.1. The lowest BCUT2D eigenvalue weighted by atomic mass is 10.0. The summed E-state index contributed by atoms with van der Waals surface area (Å²) in [7, 11) is 1.81. The van der Waals surface area contributed by atoms with Crippen molar-refractivity contribution in [3.8, 4) is 0 Å². The number of hydrogen-bond donors (Lipinski definition) is 0. The zero-order valence-electron chi connectivity index (χ0n) is 19.1. The van der Waals surface area contributed by atoms with E-state index in [1.165, 1.54) is 31.3 Å². The van der Waals surface area contributed by atoms with E-state index >= 15 is 0 Å². The summed E-state index contributed by atoms with van der Waals surface area (Å²) in [4.78, 5) is 25.4. The normalized spacial score (nSPS) is 12.0. The molecule has 1 aromatic carbocycles. The molecule has 0 aromatic heterocycles.